The molecule has 2 nitrogen and oxygen atoms in total. The molecule has 6 heteroatoms. The summed E-state index contributed by atoms with van der Waals surface area (Å²) in [6, 6.07) is 5.43. The summed E-state index contributed by atoms with van der Waals surface area (Å²) in [6.45, 7) is 10.7. The van der Waals surface area contributed by atoms with Crippen LogP contribution in [0.4, 0.5) is 13.2 Å². The van der Waals surface area contributed by atoms with Gasteiger partial charge in [-0.1, -0.05) is 39.0 Å². The summed E-state index contributed by atoms with van der Waals surface area (Å²) in [5.74, 6) is 0. The van der Waals surface area contributed by atoms with E-state index in [-0.39, 0.29) is 17.7 Å². The predicted octanol–water partition coefficient (Wildman–Crippen LogP) is 5.41. The number of halogens is 3. The van der Waals surface area contributed by atoms with E-state index in [4.69, 9.17) is 4.43 Å². The van der Waals surface area contributed by atoms with E-state index in [1.165, 1.54) is 12.1 Å². The Kier molecular flexibility index (Phi) is 7.08. The van der Waals surface area contributed by atoms with Gasteiger partial charge in [0.15, 0.2) is 8.32 Å². The summed E-state index contributed by atoms with van der Waals surface area (Å²) in [5, 5.41) is 9.32. The van der Waals surface area contributed by atoms with E-state index >= 15 is 0 Å². The van der Waals surface area contributed by atoms with Crippen LogP contribution in [-0.2, 0) is 17.0 Å². The summed E-state index contributed by atoms with van der Waals surface area (Å²) in [5.41, 5.74) is 0.0237. The number of aryl methyl sites for hydroxylation is 1. The largest absolute Gasteiger partial charge is 0.416 e. The quantitative estimate of drug-likeness (QED) is 0.657. The molecule has 1 atom stereocenters. The molecule has 24 heavy (non-hydrogen) atoms. The van der Waals surface area contributed by atoms with Crippen LogP contribution in [0.2, 0.25) is 18.1 Å². The molecule has 0 aromatic heterocycles. The maximum Gasteiger partial charge on any atom is 0.416 e. The van der Waals surface area contributed by atoms with Crippen molar-refractivity contribution >= 4 is 8.32 Å². The molecule has 0 aliphatic heterocycles. The zero-order valence-electron chi connectivity index (χ0n) is 15.2. The molecule has 1 rings (SSSR count). The summed E-state index contributed by atoms with van der Waals surface area (Å²) in [6.07, 6.45) is -2.84. The molecule has 0 amide bonds. The lowest BCUT2D eigenvalue weighted by Gasteiger charge is -2.39. The Bertz CT molecular complexity index is 522. The van der Waals surface area contributed by atoms with Crippen LogP contribution in [0.25, 0.3) is 0 Å². The first-order valence-electron chi connectivity index (χ1n) is 8.31. The fourth-order valence-electron chi connectivity index (χ4n) is 2.23. The van der Waals surface area contributed by atoms with Gasteiger partial charge in [0, 0.05) is 12.7 Å². The number of hydrogen-bond acceptors (Lipinski definition) is 2. The summed E-state index contributed by atoms with van der Waals surface area (Å²) >= 11 is 0. The normalized spacial score (nSPS) is 14.7. The molecule has 138 valence electrons. The Morgan fingerprint density at radius 1 is 1.12 bits per heavy atom. The van der Waals surface area contributed by atoms with Gasteiger partial charge < -0.3 is 9.53 Å². The summed E-state index contributed by atoms with van der Waals surface area (Å²) < 4.78 is 44.7. The molecular formula is C18H29F3O2Si. The molecule has 0 spiro atoms. The summed E-state index contributed by atoms with van der Waals surface area (Å²) in [4.78, 5) is 0. The van der Waals surface area contributed by atoms with Gasteiger partial charge in [-0.05, 0) is 49.0 Å². The Morgan fingerprint density at radius 2 is 1.75 bits per heavy atom. The smallest absolute Gasteiger partial charge is 0.414 e. The zero-order valence-corrected chi connectivity index (χ0v) is 16.2. The van der Waals surface area contributed by atoms with E-state index in [9.17, 15) is 18.3 Å². The molecule has 1 aromatic rings. The molecule has 0 saturated carbocycles. The molecule has 0 unspecified atom stereocenters. The molecule has 0 heterocycles. The van der Waals surface area contributed by atoms with Crippen molar-refractivity contribution in [3.05, 3.63) is 35.4 Å². The number of aliphatic hydroxyl groups is 1. The number of rotatable bonds is 7. The number of alkyl halides is 3. The molecule has 1 aromatic carbocycles. The van der Waals surface area contributed by atoms with Gasteiger partial charge in [-0.15, -0.1) is 0 Å². The lowest BCUT2D eigenvalue weighted by atomic mass is 10.0. The maximum absolute atomic E-state index is 12.8. The van der Waals surface area contributed by atoms with Crippen LogP contribution in [-0.4, -0.2) is 26.1 Å². The van der Waals surface area contributed by atoms with E-state index < -0.39 is 20.1 Å². The van der Waals surface area contributed by atoms with Gasteiger partial charge in [0.25, 0.3) is 0 Å². The van der Waals surface area contributed by atoms with Gasteiger partial charge in [0.1, 0.15) is 0 Å². The van der Waals surface area contributed by atoms with Crippen LogP contribution in [0.1, 0.15) is 44.7 Å². The lowest BCUT2D eigenvalue weighted by molar-refractivity contribution is -0.137. The lowest BCUT2D eigenvalue weighted by Crippen LogP contribution is -2.44. The van der Waals surface area contributed by atoms with Crippen LogP contribution in [0.15, 0.2) is 24.3 Å². The van der Waals surface area contributed by atoms with Crippen LogP contribution >= 0.6 is 0 Å². The minimum absolute atomic E-state index is 0.0158. The number of aliphatic hydroxyl groups excluding tert-OH is 1. The average molecular weight is 363 g/mol. The standard InChI is InChI=1S/C18H29F3O2Si/c1-17(2,3)24(4,5)23-16(11-12-22)10-9-14-7-6-8-15(13-14)18(19,20)21/h6-8,13,16,22H,9-12H2,1-5H3/t16-/m0/s1. The maximum atomic E-state index is 12.8. The highest BCUT2D eigenvalue weighted by molar-refractivity contribution is 6.74. The third-order valence-corrected chi connectivity index (χ3v) is 9.26. The van der Waals surface area contributed by atoms with Crippen molar-refractivity contribution < 1.29 is 22.7 Å². The second kappa shape index (κ2) is 8.02. The van der Waals surface area contributed by atoms with Crippen molar-refractivity contribution in [2.24, 2.45) is 0 Å². The van der Waals surface area contributed by atoms with Gasteiger partial charge in [-0.2, -0.15) is 13.2 Å². The van der Waals surface area contributed by atoms with Crippen molar-refractivity contribution in [1.82, 2.24) is 0 Å². The predicted molar refractivity (Wildman–Crippen MR) is 93.5 cm³/mol. The van der Waals surface area contributed by atoms with Crippen molar-refractivity contribution in [1.29, 1.82) is 0 Å². The van der Waals surface area contributed by atoms with E-state index in [1.807, 2.05) is 0 Å². The molecule has 0 bridgehead atoms. The van der Waals surface area contributed by atoms with Gasteiger partial charge in [0.05, 0.1) is 5.56 Å². The van der Waals surface area contributed by atoms with Crippen molar-refractivity contribution in [3.8, 4) is 0 Å². The molecule has 1 N–H and O–H groups in total. The van der Waals surface area contributed by atoms with Crippen molar-refractivity contribution in [2.75, 3.05) is 6.61 Å². The Hall–Kier alpha value is -0.853. The average Bonchev–Trinajstić information content (AvgIpc) is 2.43. The third-order valence-electron chi connectivity index (χ3n) is 4.73. The highest BCUT2D eigenvalue weighted by atomic mass is 28.4. The van der Waals surface area contributed by atoms with E-state index in [0.717, 1.165) is 6.07 Å². The second-order valence-electron chi connectivity index (χ2n) is 7.75. The fraction of sp³-hybridized carbons (Fsp3) is 0.667. The van der Waals surface area contributed by atoms with Crippen LogP contribution in [0, 0.1) is 0 Å². The summed E-state index contributed by atoms with van der Waals surface area (Å²) in [7, 11) is -1.98. The molecule has 0 aliphatic carbocycles. The third kappa shape index (κ3) is 6.22. The Morgan fingerprint density at radius 3 is 2.25 bits per heavy atom. The molecule has 0 saturated heterocycles. The highest BCUT2D eigenvalue weighted by Gasteiger charge is 2.39. The monoisotopic (exact) mass is 362 g/mol. The Balaban J connectivity index is 2.77. The number of benzene rings is 1. The van der Waals surface area contributed by atoms with Gasteiger partial charge in [-0.25, -0.2) is 0 Å². The molecule has 0 aliphatic rings. The Labute approximate surface area is 144 Å². The van der Waals surface area contributed by atoms with E-state index in [0.29, 0.717) is 24.8 Å². The van der Waals surface area contributed by atoms with Gasteiger partial charge in [-0.3, -0.25) is 0 Å². The van der Waals surface area contributed by atoms with Crippen LogP contribution in [0.3, 0.4) is 0 Å². The van der Waals surface area contributed by atoms with E-state index in [2.05, 4.69) is 33.9 Å². The topological polar surface area (TPSA) is 29.5 Å². The second-order valence-corrected chi connectivity index (χ2v) is 12.5. The van der Waals surface area contributed by atoms with Gasteiger partial charge >= 0.3 is 6.18 Å². The van der Waals surface area contributed by atoms with Crippen LogP contribution < -0.4 is 0 Å². The number of hydrogen-bond donors (Lipinski definition) is 1. The van der Waals surface area contributed by atoms with Crippen molar-refractivity contribution in [2.45, 2.75) is 70.4 Å². The first kappa shape index (κ1) is 21.2. The molecule has 0 radical (unpaired) electrons. The zero-order chi connectivity index (χ0) is 18.6. The molecule has 0 fully saturated rings. The first-order valence-corrected chi connectivity index (χ1v) is 11.2. The fourth-order valence-corrected chi connectivity index (χ4v) is 3.65. The highest BCUT2D eigenvalue weighted by Crippen LogP contribution is 2.38. The van der Waals surface area contributed by atoms with Crippen molar-refractivity contribution in [3.63, 3.8) is 0 Å². The van der Waals surface area contributed by atoms with Gasteiger partial charge in [0.2, 0.25) is 0 Å². The SMILES string of the molecule is CC(C)(C)[Si](C)(C)O[C@H](CCO)CCc1cccc(C(F)(F)F)c1. The first-order chi connectivity index (χ1) is 10.9. The van der Waals surface area contributed by atoms with E-state index in [1.54, 1.807) is 6.07 Å². The molecular weight excluding hydrogens is 333 g/mol. The van der Waals surface area contributed by atoms with Crippen LogP contribution in [0.5, 0.6) is 0 Å². The minimum atomic E-state index is -4.32. The minimum Gasteiger partial charge on any atom is -0.414 e.